The second-order valence-corrected chi connectivity index (χ2v) is 4.59. The number of benzene rings is 2. The maximum absolute atomic E-state index is 13.0. The number of nitrogens with one attached hydrogen (secondary N) is 1. The molecule has 0 fully saturated rings. The van der Waals surface area contributed by atoms with E-state index in [1.807, 2.05) is 0 Å². The first-order valence-electron chi connectivity index (χ1n) is 5.18. The summed E-state index contributed by atoms with van der Waals surface area (Å²) in [4.78, 5) is 11.8. The van der Waals surface area contributed by atoms with Gasteiger partial charge < -0.3 is 5.32 Å². The summed E-state index contributed by atoms with van der Waals surface area (Å²) < 4.78 is 39.2. The Hall–Kier alpha value is -1.82. The van der Waals surface area contributed by atoms with Crippen molar-refractivity contribution in [3.8, 4) is 0 Å². The number of carbonyl (C=O) groups excluding carboxylic acids is 1. The molecule has 6 heteroatoms. The first-order valence-corrected chi connectivity index (χ1v) is 5.97. The van der Waals surface area contributed by atoms with Crippen LogP contribution in [-0.2, 0) is 0 Å². The standard InChI is InChI=1S/C13H7BrF3NO/c14-11-6-8(15)1-2-12(11)18-13(19)7-3-9(16)5-10(17)4-7/h1-6H,(H,18,19). The second kappa shape index (κ2) is 5.44. The lowest BCUT2D eigenvalue weighted by Gasteiger charge is -2.07. The lowest BCUT2D eigenvalue weighted by atomic mass is 10.2. The number of amides is 1. The zero-order valence-electron chi connectivity index (χ0n) is 9.38. The Balaban J connectivity index is 2.25. The Morgan fingerprint density at radius 2 is 1.58 bits per heavy atom. The number of hydrogen-bond acceptors (Lipinski definition) is 1. The lowest BCUT2D eigenvalue weighted by molar-refractivity contribution is 0.102. The van der Waals surface area contributed by atoms with E-state index in [4.69, 9.17) is 0 Å². The molecule has 0 spiro atoms. The number of carbonyl (C=O) groups is 1. The summed E-state index contributed by atoms with van der Waals surface area (Å²) in [5, 5.41) is 2.42. The minimum Gasteiger partial charge on any atom is -0.321 e. The van der Waals surface area contributed by atoms with E-state index in [9.17, 15) is 18.0 Å². The van der Waals surface area contributed by atoms with E-state index in [1.54, 1.807) is 0 Å². The molecule has 0 saturated carbocycles. The smallest absolute Gasteiger partial charge is 0.255 e. The van der Waals surface area contributed by atoms with Gasteiger partial charge in [-0.15, -0.1) is 0 Å². The maximum Gasteiger partial charge on any atom is 0.255 e. The van der Waals surface area contributed by atoms with Crippen LogP contribution in [0.3, 0.4) is 0 Å². The molecule has 0 atom stereocenters. The summed E-state index contributed by atoms with van der Waals surface area (Å²) in [5.74, 6) is -2.85. The Morgan fingerprint density at radius 1 is 0.947 bits per heavy atom. The van der Waals surface area contributed by atoms with Gasteiger partial charge in [0.1, 0.15) is 17.5 Å². The summed E-state index contributed by atoms with van der Waals surface area (Å²) >= 11 is 3.07. The normalized spacial score (nSPS) is 10.3. The van der Waals surface area contributed by atoms with Gasteiger partial charge in [0.25, 0.3) is 5.91 Å². The summed E-state index contributed by atoms with van der Waals surface area (Å²) in [7, 11) is 0. The van der Waals surface area contributed by atoms with Crippen molar-refractivity contribution >= 4 is 27.5 Å². The highest BCUT2D eigenvalue weighted by atomic mass is 79.9. The Morgan fingerprint density at radius 3 is 2.16 bits per heavy atom. The third-order valence-electron chi connectivity index (χ3n) is 2.30. The fraction of sp³-hybridized carbons (Fsp3) is 0. The van der Waals surface area contributed by atoms with Crippen LogP contribution in [0, 0.1) is 17.5 Å². The highest BCUT2D eigenvalue weighted by Gasteiger charge is 2.11. The summed E-state index contributed by atoms with van der Waals surface area (Å²) in [6.45, 7) is 0. The first-order chi connectivity index (χ1) is 8.95. The van der Waals surface area contributed by atoms with Crippen LogP contribution in [-0.4, -0.2) is 5.91 Å². The molecule has 0 unspecified atom stereocenters. The topological polar surface area (TPSA) is 29.1 Å². The lowest BCUT2D eigenvalue weighted by Crippen LogP contribution is -2.13. The first kappa shape index (κ1) is 13.6. The van der Waals surface area contributed by atoms with Gasteiger partial charge in [-0.1, -0.05) is 0 Å². The molecular weight excluding hydrogens is 323 g/mol. The Labute approximate surface area is 115 Å². The molecule has 0 aromatic heterocycles. The predicted molar refractivity (Wildman–Crippen MR) is 68.4 cm³/mol. The van der Waals surface area contributed by atoms with E-state index >= 15 is 0 Å². The fourth-order valence-corrected chi connectivity index (χ4v) is 1.92. The van der Waals surface area contributed by atoms with Crippen LogP contribution < -0.4 is 5.32 Å². The van der Waals surface area contributed by atoms with Crippen molar-refractivity contribution in [3.63, 3.8) is 0 Å². The highest BCUT2D eigenvalue weighted by Crippen LogP contribution is 2.23. The summed E-state index contributed by atoms with van der Waals surface area (Å²) in [6, 6.07) is 6.16. The molecule has 0 heterocycles. The Bertz CT molecular complexity index is 626. The van der Waals surface area contributed by atoms with E-state index in [-0.39, 0.29) is 5.56 Å². The molecule has 2 rings (SSSR count). The maximum atomic E-state index is 13.0. The van der Waals surface area contributed by atoms with Crippen molar-refractivity contribution in [2.24, 2.45) is 0 Å². The van der Waals surface area contributed by atoms with Gasteiger partial charge in [0.15, 0.2) is 0 Å². The molecule has 0 saturated heterocycles. The van der Waals surface area contributed by atoms with Gasteiger partial charge in [0, 0.05) is 16.1 Å². The molecule has 2 aromatic carbocycles. The van der Waals surface area contributed by atoms with Crippen LogP contribution in [0.1, 0.15) is 10.4 Å². The number of anilines is 1. The van der Waals surface area contributed by atoms with Crippen LogP contribution in [0.25, 0.3) is 0 Å². The van der Waals surface area contributed by atoms with Gasteiger partial charge in [-0.3, -0.25) is 4.79 Å². The molecule has 0 radical (unpaired) electrons. The number of hydrogen-bond donors (Lipinski definition) is 1. The molecule has 2 nitrogen and oxygen atoms in total. The average Bonchev–Trinajstić information content (AvgIpc) is 2.31. The molecule has 2 aromatic rings. The third kappa shape index (κ3) is 3.35. The van der Waals surface area contributed by atoms with Gasteiger partial charge >= 0.3 is 0 Å². The zero-order chi connectivity index (χ0) is 14.0. The Kier molecular flexibility index (Phi) is 3.90. The number of rotatable bonds is 2. The van der Waals surface area contributed by atoms with Gasteiger partial charge in [-0.25, -0.2) is 13.2 Å². The van der Waals surface area contributed by atoms with Gasteiger partial charge in [0.05, 0.1) is 5.69 Å². The van der Waals surface area contributed by atoms with E-state index in [0.717, 1.165) is 18.2 Å². The van der Waals surface area contributed by atoms with Crippen LogP contribution >= 0.6 is 15.9 Å². The zero-order valence-corrected chi connectivity index (χ0v) is 11.0. The fourth-order valence-electron chi connectivity index (χ4n) is 1.47. The number of halogens is 4. The van der Waals surface area contributed by atoms with Crippen LogP contribution in [0.2, 0.25) is 0 Å². The van der Waals surface area contributed by atoms with E-state index in [0.29, 0.717) is 16.2 Å². The van der Waals surface area contributed by atoms with Gasteiger partial charge in [-0.05, 0) is 46.3 Å². The average molecular weight is 330 g/mol. The monoisotopic (exact) mass is 329 g/mol. The molecule has 98 valence electrons. The van der Waals surface area contributed by atoms with Crippen molar-refractivity contribution in [1.82, 2.24) is 0 Å². The van der Waals surface area contributed by atoms with Crippen LogP contribution in [0.4, 0.5) is 18.9 Å². The highest BCUT2D eigenvalue weighted by molar-refractivity contribution is 9.10. The van der Waals surface area contributed by atoms with Crippen molar-refractivity contribution in [1.29, 1.82) is 0 Å². The molecule has 19 heavy (non-hydrogen) atoms. The quantitative estimate of drug-likeness (QED) is 0.882. The molecule has 1 N–H and O–H groups in total. The molecule has 1 amide bonds. The van der Waals surface area contributed by atoms with E-state index in [1.165, 1.54) is 12.1 Å². The minimum atomic E-state index is -0.844. The molecule has 0 aliphatic carbocycles. The SMILES string of the molecule is O=C(Nc1ccc(F)cc1Br)c1cc(F)cc(F)c1. The molecular formula is C13H7BrF3NO. The summed E-state index contributed by atoms with van der Waals surface area (Å²) in [5.41, 5.74) is 0.143. The molecule has 0 bridgehead atoms. The minimum absolute atomic E-state index is 0.159. The molecule has 0 aliphatic rings. The van der Waals surface area contributed by atoms with Gasteiger partial charge in [-0.2, -0.15) is 0 Å². The van der Waals surface area contributed by atoms with Crippen molar-refractivity contribution in [2.75, 3.05) is 5.32 Å². The van der Waals surface area contributed by atoms with Crippen molar-refractivity contribution < 1.29 is 18.0 Å². The van der Waals surface area contributed by atoms with E-state index in [2.05, 4.69) is 21.2 Å². The van der Waals surface area contributed by atoms with Crippen LogP contribution in [0.5, 0.6) is 0 Å². The summed E-state index contributed by atoms with van der Waals surface area (Å²) in [6.07, 6.45) is 0. The predicted octanol–water partition coefficient (Wildman–Crippen LogP) is 4.12. The van der Waals surface area contributed by atoms with Gasteiger partial charge in [0.2, 0.25) is 0 Å². The third-order valence-corrected chi connectivity index (χ3v) is 2.96. The second-order valence-electron chi connectivity index (χ2n) is 3.74. The van der Waals surface area contributed by atoms with E-state index < -0.39 is 23.4 Å². The molecule has 0 aliphatic heterocycles. The largest absolute Gasteiger partial charge is 0.321 e. The van der Waals surface area contributed by atoms with Crippen LogP contribution in [0.15, 0.2) is 40.9 Å². The van der Waals surface area contributed by atoms with Crippen molar-refractivity contribution in [3.05, 3.63) is 63.9 Å². The van der Waals surface area contributed by atoms with Crippen molar-refractivity contribution in [2.45, 2.75) is 0 Å².